The van der Waals surface area contributed by atoms with E-state index in [-0.39, 0.29) is 16.8 Å². The van der Waals surface area contributed by atoms with Crippen molar-refractivity contribution >= 4 is 52.4 Å². The van der Waals surface area contributed by atoms with E-state index in [1.54, 1.807) is 6.26 Å². The van der Waals surface area contributed by atoms with Crippen LogP contribution in [-0.2, 0) is 53.8 Å². The van der Waals surface area contributed by atoms with Crippen LogP contribution in [0.1, 0.15) is 41.5 Å². The van der Waals surface area contributed by atoms with Gasteiger partial charge in [-0.1, -0.05) is 0 Å². The second kappa shape index (κ2) is 15.8. The summed E-state index contributed by atoms with van der Waals surface area (Å²) in [6.45, 7) is 8.10. The Morgan fingerprint density at radius 1 is 0.941 bits per heavy atom. The van der Waals surface area contributed by atoms with E-state index in [1.165, 1.54) is 39.5 Å². The molecule has 1 saturated heterocycles. The summed E-state index contributed by atoms with van der Waals surface area (Å²) in [6, 6.07) is -0.494. The van der Waals surface area contributed by atoms with Crippen molar-refractivity contribution < 1.29 is 48.0 Å². The SMILES string of the molecule is CC(=O)[O-].CC[S+](C)C[C@H](NC(C)=O)[C@H]1O[C@H](SC)[C@H](OC(C)=O)[C@@H](OC(C)=O)[C@H]1OC(C)=O. The Hall–Kier alpha value is -1.99. The van der Waals surface area contributed by atoms with Gasteiger partial charge in [0.15, 0.2) is 18.3 Å². The van der Waals surface area contributed by atoms with Crippen molar-refractivity contribution in [3.8, 4) is 0 Å². The molecule has 1 N–H and O–H groups in total. The molecule has 0 aromatic carbocycles. The third kappa shape index (κ3) is 11.9. The van der Waals surface area contributed by atoms with Crippen LogP contribution in [0.5, 0.6) is 0 Å². The summed E-state index contributed by atoms with van der Waals surface area (Å²) in [5, 5.41) is 11.8. The molecule has 1 heterocycles. The number of carboxylic acids is 1. The third-order valence-corrected chi connectivity index (χ3v) is 7.17. The molecule has 1 amide bonds. The number of amides is 1. The predicted octanol–water partition coefficient (Wildman–Crippen LogP) is -0.602. The van der Waals surface area contributed by atoms with Gasteiger partial charge in [-0.05, 0) is 31.0 Å². The molecule has 1 unspecified atom stereocenters. The van der Waals surface area contributed by atoms with Crippen LogP contribution < -0.4 is 10.4 Å². The second-order valence-corrected chi connectivity index (χ2v) is 10.9. The Kier molecular flexibility index (Phi) is 14.9. The molecule has 13 heteroatoms. The second-order valence-electron chi connectivity index (χ2n) is 7.46. The topological polar surface area (TPSA) is 157 Å². The first kappa shape index (κ1) is 32.0. The maximum Gasteiger partial charge on any atom is 0.303 e. The van der Waals surface area contributed by atoms with Crippen molar-refractivity contribution in [1.82, 2.24) is 5.32 Å². The van der Waals surface area contributed by atoms with E-state index >= 15 is 0 Å². The van der Waals surface area contributed by atoms with E-state index in [9.17, 15) is 19.2 Å². The third-order valence-electron chi connectivity index (χ3n) is 4.41. The van der Waals surface area contributed by atoms with Gasteiger partial charge in [0.1, 0.15) is 29.1 Å². The fraction of sp³-hybridized carbons (Fsp3) is 0.762. The van der Waals surface area contributed by atoms with Gasteiger partial charge in [-0.25, -0.2) is 0 Å². The zero-order valence-corrected chi connectivity index (χ0v) is 22.4. The number of hydrogen-bond acceptors (Lipinski definition) is 11. The lowest BCUT2D eigenvalue weighted by Gasteiger charge is -2.46. The number of carboxylic acid groups (broad SMARTS) is 1. The molecular formula is C21H35NO10S2. The molecule has 0 aromatic rings. The molecule has 1 rings (SSSR count). The summed E-state index contributed by atoms with van der Waals surface area (Å²) in [6.07, 6.45) is -0.0961. The number of ether oxygens (including phenoxy) is 4. The first-order valence-electron chi connectivity index (χ1n) is 10.5. The van der Waals surface area contributed by atoms with Gasteiger partial charge in [-0.2, -0.15) is 0 Å². The van der Waals surface area contributed by atoms with Crippen LogP contribution in [0.15, 0.2) is 0 Å². The highest BCUT2D eigenvalue weighted by Crippen LogP contribution is 2.34. The number of hydrogen-bond donors (Lipinski definition) is 1. The highest BCUT2D eigenvalue weighted by atomic mass is 32.2. The van der Waals surface area contributed by atoms with E-state index in [0.29, 0.717) is 5.75 Å². The monoisotopic (exact) mass is 525 g/mol. The minimum absolute atomic E-state index is 0.0409. The summed E-state index contributed by atoms with van der Waals surface area (Å²) in [5.41, 5.74) is -0.688. The van der Waals surface area contributed by atoms with Crippen molar-refractivity contribution in [2.24, 2.45) is 0 Å². The molecule has 11 nitrogen and oxygen atoms in total. The number of nitrogens with one attached hydrogen (secondary N) is 1. The molecule has 0 radical (unpaired) electrons. The number of esters is 3. The number of carbonyl (C=O) groups is 5. The zero-order chi connectivity index (χ0) is 26.6. The summed E-state index contributed by atoms with van der Waals surface area (Å²) in [5.74, 6) is -1.66. The maximum absolute atomic E-state index is 11.9. The average molecular weight is 526 g/mol. The quantitative estimate of drug-likeness (QED) is 0.233. The normalized spacial score (nSPS) is 25.5. The fourth-order valence-corrected chi connectivity index (χ4v) is 5.06. The molecule has 0 aromatic heterocycles. The Morgan fingerprint density at radius 2 is 1.38 bits per heavy atom. The van der Waals surface area contributed by atoms with E-state index in [2.05, 4.69) is 11.6 Å². The van der Waals surface area contributed by atoms with Crippen LogP contribution in [0.4, 0.5) is 0 Å². The van der Waals surface area contributed by atoms with Crippen LogP contribution in [0.3, 0.4) is 0 Å². The van der Waals surface area contributed by atoms with Gasteiger partial charge in [0.05, 0.1) is 6.26 Å². The van der Waals surface area contributed by atoms with Gasteiger partial charge in [-0.15, -0.1) is 11.8 Å². The maximum atomic E-state index is 11.9. The minimum atomic E-state index is -1.08. The van der Waals surface area contributed by atoms with Gasteiger partial charge < -0.3 is 34.2 Å². The van der Waals surface area contributed by atoms with Crippen molar-refractivity contribution in [3.05, 3.63) is 0 Å². The summed E-state index contributed by atoms with van der Waals surface area (Å²) < 4.78 is 22.6. The van der Waals surface area contributed by atoms with Crippen LogP contribution in [0, 0.1) is 0 Å². The fourth-order valence-electron chi connectivity index (χ4n) is 3.22. The number of thioether (sulfide) groups is 1. The number of rotatable bonds is 9. The van der Waals surface area contributed by atoms with Crippen molar-refractivity contribution in [2.45, 2.75) is 77.4 Å². The molecule has 7 atom stereocenters. The van der Waals surface area contributed by atoms with E-state index in [0.717, 1.165) is 12.7 Å². The van der Waals surface area contributed by atoms with E-state index < -0.39 is 59.8 Å². The van der Waals surface area contributed by atoms with Crippen LogP contribution in [0.25, 0.3) is 0 Å². The number of carbonyl (C=O) groups excluding carboxylic acids is 5. The number of aliphatic carboxylic acids is 1. The molecular weight excluding hydrogens is 490 g/mol. The van der Waals surface area contributed by atoms with E-state index in [1.807, 2.05) is 6.92 Å². The van der Waals surface area contributed by atoms with Gasteiger partial charge in [0.2, 0.25) is 5.91 Å². The lowest BCUT2D eigenvalue weighted by atomic mass is 9.94. The van der Waals surface area contributed by atoms with Gasteiger partial charge in [0, 0.05) is 33.7 Å². The standard InChI is InChI=1S/C19H31NO8S2.C2H4O2/c1-8-30(7)9-14(20-10(2)21)15-16(25-11(3)22)17(26-12(4)23)18(27-13(5)24)19(28-15)29-6;1-2(3)4/h14-19H,8-9H2,1-7H3;1H3,(H,3,4)/t14-,15+,16-,17-,18+,19+,30?;/m0./s1. The highest BCUT2D eigenvalue weighted by molar-refractivity contribution is 7.99. The molecule has 1 aliphatic rings. The zero-order valence-electron chi connectivity index (χ0n) is 20.8. The smallest absolute Gasteiger partial charge is 0.303 e. The van der Waals surface area contributed by atoms with E-state index in [4.69, 9.17) is 28.8 Å². The molecule has 196 valence electrons. The molecule has 0 aliphatic carbocycles. The molecule has 0 spiro atoms. The Bertz CT molecular complexity index is 716. The predicted molar refractivity (Wildman–Crippen MR) is 126 cm³/mol. The average Bonchev–Trinajstić information content (AvgIpc) is 2.68. The molecule has 1 fully saturated rings. The molecule has 34 heavy (non-hydrogen) atoms. The minimum Gasteiger partial charge on any atom is -0.550 e. The van der Waals surface area contributed by atoms with Crippen LogP contribution in [0.2, 0.25) is 0 Å². The van der Waals surface area contributed by atoms with Crippen LogP contribution in [-0.4, -0.2) is 89.7 Å². The lowest BCUT2D eigenvalue weighted by molar-refractivity contribution is -0.302. The molecule has 0 saturated carbocycles. The Balaban J connectivity index is 0.00000251. The highest BCUT2D eigenvalue weighted by Gasteiger charge is 2.54. The van der Waals surface area contributed by atoms with Gasteiger partial charge in [0.25, 0.3) is 0 Å². The Labute approximate surface area is 207 Å². The first-order chi connectivity index (χ1) is 15.7. The van der Waals surface area contributed by atoms with Crippen molar-refractivity contribution in [2.75, 3.05) is 24.0 Å². The first-order valence-corrected chi connectivity index (χ1v) is 13.7. The summed E-state index contributed by atoms with van der Waals surface area (Å²) in [4.78, 5) is 56.2. The van der Waals surface area contributed by atoms with Gasteiger partial charge in [-0.3, -0.25) is 19.2 Å². The van der Waals surface area contributed by atoms with Crippen molar-refractivity contribution in [3.63, 3.8) is 0 Å². The van der Waals surface area contributed by atoms with Crippen LogP contribution >= 0.6 is 11.8 Å². The largest absolute Gasteiger partial charge is 0.550 e. The van der Waals surface area contributed by atoms with Gasteiger partial charge >= 0.3 is 17.9 Å². The Morgan fingerprint density at radius 3 is 1.76 bits per heavy atom. The van der Waals surface area contributed by atoms with Crippen molar-refractivity contribution in [1.29, 1.82) is 0 Å². The molecule has 1 aliphatic heterocycles. The summed E-state index contributed by atoms with van der Waals surface area (Å²) in [7, 11) is -0.0409. The molecule has 0 bridgehead atoms. The lowest BCUT2D eigenvalue weighted by Crippen LogP contribution is -2.66. The summed E-state index contributed by atoms with van der Waals surface area (Å²) >= 11 is 1.27.